The summed E-state index contributed by atoms with van der Waals surface area (Å²) in [5.74, 6) is 0.300. The van der Waals surface area contributed by atoms with Crippen LogP contribution >= 0.6 is 11.3 Å². The van der Waals surface area contributed by atoms with Crippen molar-refractivity contribution in [3.8, 4) is 0 Å². The molecular formula is C16H22FNS. The van der Waals surface area contributed by atoms with Crippen molar-refractivity contribution in [3.63, 3.8) is 0 Å². The number of fused-ring (bicyclic) bond motifs is 1. The zero-order valence-electron chi connectivity index (χ0n) is 11.8. The Morgan fingerprint density at radius 1 is 1.21 bits per heavy atom. The summed E-state index contributed by atoms with van der Waals surface area (Å²) < 4.78 is 14.6. The van der Waals surface area contributed by atoms with Crippen LogP contribution in [-0.4, -0.2) is 4.98 Å². The van der Waals surface area contributed by atoms with E-state index < -0.39 is 0 Å². The third-order valence-corrected chi connectivity index (χ3v) is 4.82. The minimum Gasteiger partial charge on any atom is -0.238 e. The summed E-state index contributed by atoms with van der Waals surface area (Å²) in [5, 5.41) is 1.11. The molecule has 0 aliphatic carbocycles. The molecule has 2 rings (SSSR count). The Morgan fingerprint density at radius 3 is 2.74 bits per heavy atom. The lowest BCUT2D eigenvalue weighted by atomic mass is 9.99. The van der Waals surface area contributed by atoms with Gasteiger partial charge in [0, 0.05) is 5.92 Å². The maximum Gasteiger partial charge on any atom is 0.150 e. The van der Waals surface area contributed by atoms with Gasteiger partial charge in [0.25, 0.3) is 0 Å². The van der Waals surface area contributed by atoms with E-state index in [2.05, 4.69) is 18.8 Å². The highest BCUT2D eigenvalue weighted by Crippen LogP contribution is 2.33. The van der Waals surface area contributed by atoms with E-state index in [4.69, 9.17) is 0 Å². The van der Waals surface area contributed by atoms with Gasteiger partial charge >= 0.3 is 0 Å². The molecule has 0 aliphatic heterocycles. The Labute approximate surface area is 118 Å². The van der Waals surface area contributed by atoms with Crippen molar-refractivity contribution < 1.29 is 4.39 Å². The van der Waals surface area contributed by atoms with E-state index in [0.29, 0.717) is 11.4 Å². The molecular weight excluding hydrogens is 257 g/mol. The normalized spacial score (nSPS) is 13.0. The number of nitrogens with zero attached hydrogens (tertiary/aromatic N) is 1. The first-order valence-electron chi connectivity index (χ1n) is 7.31. The molecule has 1 unspecified atom stereocenters. The molecule has 19 heavy (non-hydrogen) atoms. The molecule has 1 nitrogen and oxygen atoms in total. The van der Waals surface area contributed by atoms with Gasteiger partial charge in [-0.2, -0.15) is 0 Å². The summed E-state index contributed by atoms with van der Waals surface area (Å²) in [5.41, 5.74) is 0.550. The number of benzene rings is 1. The maximum absolute atomic E-state index is 13.7. The number of hydrogen-bond donors (Lipinski definition) is 0. The van der Waals surface area contributed by atoms with Crippen LogP contribution in [0.3, 0.4) is 0 Å². The van der Waals surface area contributed by atoms with Crippen LogP contribution in [0, 0.1) is 5.82 Å². The summed E-state index contributed by atoms with van der Waals surface area (Å²) in [6, 6.07) is 5.22. The molecule has 0 aliphatic rings. The highest BCUT2D eigenvalue weighted by atomic mass is 32.1. The van der Waals surface area contributed by atoms with Gasteiger partial charge in [0.1, 0.15) is 11.3 Å². The lowest BCUT2D eigenvalue weighted by Gasteiger charge is -2.11. The average Bonchev–Trinajstić information content (AvgIpc) is 2.84. The largest absolute Gasteiger partial charge is 0.238 e. The molecule has 1 heterocycles. The molecule has 3 heteroatoms. The van der Waals surface area contributed by atoms with E-state index in [0.717, 1.165) is 16.1 Å². The van der Waals surface area contributed by atoms with Crippen molar-refractivity contribution in [2.75, 3.05) is 0 Å². The third-order valence-electron chi connectivity index (χ3n) is 3.63. The lowest BCUT2D eigenvalue weighted by molar-refractivity contribution is 0.541. The van der Waals surface area contributed by atoms with Crippen molar-refractivity contribution in [2.45, 2.75) is 58.3 Å². The number of aromatic nitrogens is 1. The van der Waals surface area contributed by atoms with E-state index in [-0.39, 0.29) is 5.82 Å². The SMILES string of the molecule is CCCCCCC(CC)c1nc2c(F)cccc2s1. The molecule has 0 fully saturated rings. The molecule has 1 aromatic carbocycles. The number of rotatable bonds is 7. The summed E-state index contributed by atoms with van der Waals surface area (Å²) in [4.78, 5) is 4.53. The molecule has 2 aromatic rings. The van der Waals surface area contributed by atoms with Gasteiger partial charge in [0.2, 0.25) is 0 Å². The van der Waals surface area contributed by atoms with E-state index in [1.165, 1.54) is 38.2 Å². The first kappa shape index (κ1) is 14.4. The van der Waals surface area contributed by atoms with Crippen molar-refractivity contribution in [1.82, 2.24) is 4.98 Å². The fraction of sp³-hybridized carbons (Fsp3) is 0.562. The average molecular weight is 279 g/mol. The zero-order chi connectivity index (χ0) is 13.7. The topological polar surface area (TPSA) is 12.9 Å². The molecule has 1 atom stereocenters. The highest BCUT2D eigenvalue weighted by Gasteiger charge is 2.15. The van der Waals surface area contributed by atoms with Crippen LogP contribution in [0.4, 0.5) is 4.39 Å². The summed E-state index contributed by atoms with van der Waals surface area (Å²) in [7, 11) is 0. The Morgan fingerprint density at radius 2 is 2.05 bits per heavy atom. The van der Waals surface area contributed by atoms with Crippen molar-refractivity contribution in [3.05, 3.63) is 29.0 Å². The number of thiazole rings is 1. The monoisotopic (exact) mass is 279 g/mol. The van der Waals surface area contributed by atoms with Gasteiger partial charge in [-0.3, -0.25) is 0 Å². The van der Waals surface area contributed by atoms with Crippen molar-refractivity contribution >= 4 is 21.6 Å². The first-order chi connectivity index (χ1) is 9.26. The summed E-state index contributed by atoms with van der Waals surface area (Å²) in [6.07, 6.45) is 7.40. The van der Waals surface area contributed by atoms with Crippen LogP contribution in [0.1, 0.15) is 63.3 Å². The Bertz CT molecular complexity index is 520. The van der Waals surface area contributed by atoms with E-state index in [9.17, 15) is 4.39 Å². The quantitative estimate of drug-likeness (QED) is 0.575. The molecule has 0 saturated carbocycles. The second kappa shape index (κ2) is 6.99. The van der Waals surface area contributed by atoms with Crippen LogP contribution in [0.25, 0.3) is 10.2 Å². The lowest BCUT2D eigenvalue weighted by Crippen LogP contribution is -1.97. The molecule has 0 radical (unpaired) electrons. The first-order valence-corrected chi connectivity index (χ1v) is 8.12. The van der Waals surface area contributed by atoms with E-state index in [1.54, 1.807) is 17.4 Å². The smallest absolute Gasteiger partial charge is 0.150 e. The highest BCUT2D eigenvalue weighted by molar-refractivity contribution is 7.18. The molecule has 0 N–H and O–H groups in total. The number of para-hydroxylation sites is 1. The van der Waals surface area contributed by atoms with Gasteiger partial charge < -0.3 is 0 Å². The van der Waals surface area contributed by atoms with Crippen LogP contribution in [0.2, 0.25) is 0 Å². The molecule has 104 valence electrons. The molecule has 0 spiro atoms. The fourth-order valence-electron chi connectivity index (χ4n) is 2.43. The predicted octanol–water partition coefficient (Wildman–Crippen LogP) is 5.90. The van der Waals surface area contributed by atoms with E-state index >= 15 is 0 Å². The maximum atomic E-state index is 13.7. The van der Waals surface area contributed by atoms with Crippen molar-refractivity contribution in [1.29, 1.82) is 0 Å². The van der Waals surface area contributed by atoms with Crippen LogP contribution in [0.5, 0.6) is 0 Å². The van der Waals surface area contributed by atoms with Crippen molar-refractivity contribution in [2.24, 2.45) is 0 Å². The van der Waals surface area contributed by atoms with Gasteiger partial charge in [-0.05, 0) is 25.0 Å². The van der Waals surface area contributed by atoms with Gasteiger partial charge in [0.15, 0.2) is 0 Å². The van der Waals surface area contributed by atoms with Gasteiger partial charge in [-0.1, -0.05) is 45.6 Å². The summed E-state index contributed by atoms with van der Waals surface area (Å²) in [6.45, 7) is 4.43. The fourth-order valence-corrected chi connectivity index (χ4v) is 3.63. The zero-order valence-corrected chi connectivity index (χ0v) is 12.6. The second-order valence-electron chi connectivity index (χ2n) is 5.09. The minimum atomic E-state index is -0.194. The standard InChI is InChI=1S/C16H22FNS/c1-3-5-6-7-9-12(4-2)16-18-15-13(17)10-8-11-14(15)19-16/h8,10-12H,3-7,9H2,1-2H3. The number of halogens is 1. The van der Waals surface area contributed by atoms with Gasteiger partial charge in [-0.25, -0.2) is 9.37 Å². The van der Waals surface area contributed by atoms with Crippen LogP contribution < -0.4 is 0 Å². The Hall–Kier alpha value is -0.960. The second-order valence-corrected chi connectivity index (χ2v) is 6.16. The van der Waals surface area contributed by atoms with Gasteiger partial charge in [0.05, 0.1) is 9.71 Å². The number of unbranched alkanes of at least 4 members (excludes halogenated alkanes) is 3. The molecule has 0 bridgehead atoms. The Kier molecular flexibility index (Phi) is 5.32. The minimum absolute atomic E-state index is 0.194. The van der Waals surface area contributed by atoms with Crippen LogP contribution in [-0.2, 0) is 0 Å². The molecule has 0 saturated heterocycles. The van der Waals surface area contributed by atoms with E-state index in [1.807, 2.05) is 6.07 Å². The van der Waals surface area contributed by atoms with Gasteiger partial charge in [-0.15, -0.1) is 11.3 Å². The number of hydrogen-bond acceptors (Lipinski definition) is 2. The van der Waals surface area contributed by atoms with Crippen LogP contribution in [0.15, 0.2) is 18.2 Å². The Balaban J connectivity index is 2.10. The molecule has 1 aromatic heterocycles. The third kappa shape index (κ3) is 3.53. The molecule has 0 amide bonds. The summed E-state index contributed by atoms with van der Waals surface area (Å²) >= 11 is 1.66. The predicted molar refractivity (Wildman–Crippen MR) is 81.4 cm³/mol.